The molecular formula is C21H24N2O8S. The second kappa shape index (κ2) is 10.2. The van der Waals surface area contributed by atoms with Crippen LogP contribution in [-0.4, -0.2) is 53.6 Å². The Morgan fingerprint density at radius 2 is 1.47 bits per heavy atom. The molecule has 0 radical (unpaired) electrons. The van der Waals surface area contributed by atoms with Crippen molar-refractivity contribution >= 4 is 33.6 Å². The van der Waals surface area contributed by atoms with Crippen molar-refractivity contribution in [3.05, 3.63) is 53.1 Å². The van der Waals surface area contributed by atoms with Crippen LogP contribution in [0.1, 0.15) is 33.2 Å². The summed E-state index contributed by atoms with van der Waals surface area (Å²) in [5.41, 5.74) is 0.715. The Morgan fingerprint density at radius 1 is 0.906 bits per heavy atom. The van der Waals surface area contributed by atoms with E-state index in [-0.39, 0.29) is 21.7 Å². The number of esters is 2. The van der Waals surface area contributed by atoms with Gasteiger partial charge in [-0.05, 0) is 55.8 Å². The molecule has 0 aliphatic heterocycles. The molecule has 0 bridgehead atoms. The van der Waals surface area contributed by atoms with E-state index < -0.39 is 33.9 Å². The minimum Gasteiger partial charge on any atom is -0.496 e. The van der Waals surface area contributed by atoms with Gasteiger partial charge in [-0.1, -0.05) is 0 Å². The lowest BCUT2D eigenvalue weighted by molar-refractivity contribution is -0.117. The van der Waals surface area contributed by atoms with Crippen molar-refractivity contribution in [1.29, 1.82) is 0 Å². The van der Waals surface area contributed by atoms with E-state index in [1.54, 1.807) is 6.92 Å². The number of ether oxygens (including phenoxy) is 3. The maximum atomic E-state index is 12.7. The molecule has 10 nitrogen and oxygen atoms in total. The summed E-state index contributed by atoms with van der Waals surface area (Å²) in [5.74, 6) is -1.64. The van der Waals surface area contributed by atoms with Crippen molar-refractivity contribution in [1.82, 2.24) is 4.72 Å². The maximum Gasteiger partial charge on any atom is 0.337 e. The molecule has 0 saturated carbocycles. The molecule has 1 amide bonds. The van der Waals surface area contributed by atoms with E-state index in [2.05, 4.69) is 19.5 Å². The first-order valence-electron chi connectivity index (χ1n) is 9.32. The number of nitrogens with one attached hydrogen (secondary N) is 2. The molecule has 2 aromatic rings. The number of amides is 1. The van der Waals surface area contributed by atoms with Crippen LogP contribution in [-0.2, 0) is 24.3 Å². The summed E-state index contributed by atoms with van der Waals surface area (Å²) in [6.45, 7) is 3.05. The molecule has 0 aliphatic carbocycles. The van der Waals surface area contributed by atoms with E-state index in [9.17, 15) is 22.8 Å². The smallest absolute Gasteiger partial charge is 0.337 e. The van der Waals surface area contributed by atoms with Crippen LogP contribution in [0.3, 0.4) is 0 Å². The number of carbonyl (C=O) groups excluding carboxylic acids is 3. The van der Waals surface area contributed by atoms with Crippen LogP contribution in [0.25, 0.3) is 0 Å². The summed E-state index contributed by atoms with van der Waals surface area (Å²) >= 11 is 0. The third kappa shape index (κ3) is 5.83. The van der Waals surface area contributed by atoms with Gasteiger partial charge in [-0.25, -0.2) is 18.0 Å². The van der Waals surface area contributed by atoms with Crippen LogP contribution in [0.5, 0.6) is 5.75 Å². The van der Waals surface area contributed by atoms with Gasteiger partial charge in [0.2, 0.25) is 15.9 Å². The lowest BCUT2D eigenvalue weighted by atomic mass is 10.1. The van der Waals surface area contributed by atoms with Crippen LogP contribution >= 0.6 is 0 Å². The molecule has 11 heteroatoms. The summed E-state index contributed by atoms with van der Waals surface area (Å²) in [7, 11) is -0.196. The van der Waals surface area contributed by atoms with E-state index in [0.717, 1.165) is 0 Å². The van der Waals surface area contributed by atoms with Crippen molar-refractivity contribution < 1.29 is 37.0 Å². The van der Waals surface area contributed by atoms with E-state index in [4.69, 9.17) is 4.74 Å². The number of hydrogen-bond donors (Lipinski definition) is 2. The molecule has 0 fully saturated rings. The number of carbonyl (C=O) groups is 3. The third-order valence-electron chi connectivity index (χ3n) is 4.44. The Morgan fingerprint density at radius 3 is 1.94 bits per heavy atom. The van der Waals surface area contributed by atoms with Crippen molar-refractivity contribution in [2.75, 3.05) is 26.6 Å². The maximum absolute atomic E-state index is 12.7. The first-order chi connectivity index (χ1) is 15.0. The SMILES string of the molecule is COC(=O)c1cc(NC(=O)[C@@H](C)NS(=O)(=O)c2ccc(OC)c(C)c2)cc(C(=O)OC)c1. The Labute approximate surface area is 185 Å². The van der Waals surface area contributed by atoms with Crippen LogP contribution in [0.4, 0.5) is 5.69 Å². The van der Waals surface area contributed by atoms with Gasteiger partial charge in [0.05, 0.1) is 43.4 Å². The fourth-order valence-electron chi connectivity index (χ4n) is 2.79. The van der Waals surface area contributed by atoms with Crippen LogP contribution in [0.15, 0.2) is 41.3 Å². The predicted molar refractivity (Wildman–Crippen MR) is 115 cm³/mol. The zero-order valence-corrected chi connectivity index (χ0v) is 19.0. The molecule has 0 saturated heterocycles. The van der Waals surface area contributed by atoms with Gasteiger partial charge in [0.15, 0.2) is 0 Å². The molecule has 0 aliphatic rings. The Kier molecular flexibility index (Phi) is 7.95. The largest absolute Gasteiger partial charge is 0.496 e. The molecule has 0 spiro atoms. The van der Waals surface area contributed by atoms with E-state index in [1.807, 2.05) is 0 Å². The number of hydrogen-bond acceptors (Lipinski definition) is 8. The van der Waals surface area contributed by atoms with Crippen molar-refractivity contribution in [2.45, 2.75) is 24.8 Å². The first-order valence-corrected chi connectivity index (χ1v) is 10.8. The highest BCUT2D eigenvalue weighted by molar-refractivity contribution is 7.89. The minimum absolute atomic E-state index is 0.00708. The lowest BCUT2D eigenvalue weighted by Crippen LogP contribution is -2.41. The normalized spacial score (nSPS) is 11.9. The second-order valence-corrected chi connectivity index (χ2v) is 8.46. The molecule has 172 valence electrons. The minimum atomic E-state index is -4.01. The Hall–Kier alpha value is -3.44. The van der Waals surface area contributed by atoms with Crippen molar-refractivity contribution in [2.24, 2.45) is 0 Å². The van der Waals surface area contributed by atoms with E-state index in [1.165, 1.54) is 64.7 Å². The third-order valence-corrected chi connectivity index (χ3v) is 5.98. The quantitative estimate of drug-likeness (QED) is 0.565. The first kappa shape index (κ1) is 24.8. The van der Waals surface area contributed by atoms with E-state index in [0.29, 0.717) is 11.3 Å². The summed E-state index contributed by atoms with van der Waals surface area (Å²) in [6, 6.07) is 6.97. The van der Waals surface area contributed by atoms with Crippen molar-refractivity contribution in [3.63, 3.8) is 0 Å². The number of rotatable bonds is 8. The number of anilines is 1. The Balaban J connectivity index is 2.23. The Bertz CT molecular complexity index is 1110. The monoisotopic (exact) mass is 464 g/mol. The summed E-state index contributed by atoms with van der Waals surface area (Å²) < 4.78 is 42.0. The molecule has 0 unspecified atom stereocenters. The zero-order valence-electron chi connectivity index (χ0n) is 18.2. The molecule has 0 heterocycles. The highest BCUT2D eigenvalue weighted by atomic mass is 32.2. The summed E-state index contributed by atoms with van der Waals surface area (Å²) in [4.78, 5) is 36.3. The average molecular weight is 464 g/mol. The number of sulfonamides is 1. The number of methoxy groups -OCH3 is 3. The standard InChI is InChI=1S/C21H24N2O8S/c1-12-8-17(6-7-18(12)29-3)32(27,28)23-13(2)19(24)22-16-10-14(20(25)30-4)9-15(11-16)21(26)31-5/h6-11,13,23H,1-5H3,(H,22,24)/t13-/m1/s1. The van der Waals surface area contributed by atoms with Gasteiger partial charge in [-0.2, -0.15) is 4.72 Å². The summed E-state index contributed by atoms with van der Waals surface area (Å²) in [6.07, 6.45) is 0. The molecule has 2 N–H and O–H groups in total. The molecule has 2 rings (SSSR count). The zero-order chi connectivity index (χ0) is 24.1. The van der Waals surface area contributed by atoms with Gasteiger partial charge in [-0.3, -0.25) is 4.79 Å². The fraction of sp³-hybridized carbons (Fsp3) is 0.286. The highest BCUT2D eigenvalue weighted by Gasteiger charge is 2.23. The van der Waals surface area contributed by atoms with Gasteiger partial charge >= 0.3 is 11.9 Å². The van der Waals surface area contributed by atoms with E-state index >= 15 is 0 Å². The second-order valence-electron chi connectivity index (χ2n) is 6.75. The molecule has 0 aromatic heterocycles. The lowest BCUT2D eigenvalue weighted by Gasteiger charge is -2.16. The van der Waals surface area contributed by atoms with Crippen LogP contribution in [0.2, 0.25) is 0 Å². The van der Waals surface area contributed by atoms with Crippen molar-refractivity contribution in [3.8, 4) is 5.75 Å². The number of benzene rings is 2. The van der Waals surface area contributed by atoms with Crippen LogP contribution in [0, 0.1) is 6.92 Å². The molecular weight excluding hydrogens is 440 g/mol. The molecule has 2 aromatic carbocycles. The van der Waals surface area contributed by atoms with Gasteiger partial charge in [-0.15, -0.1) is 0 Å². The fourth-order valence-corrected chi connectivity index (χ4v) is 4.08. The predicted octanol–water partition coefficient (Wildman–Crippen LogP) is 1.88. The highest BCUT2D eigenvalue weighted by Crippen LogP contribution is 2.22. The average Bonchev–Trinajstić information content (AvgIpc) is 2.77. The topological polar surface area (TPSA) is 137 Å². The molecule has 32 heavy (non-hydrogen) atoms. The van der Waals surface area contributed by atoms with Gasteiger partial charge in [0.1, 0.15) is 5.75 Å². The van der Waals surface area contributed by atoms with Gasteiger partial charge < -0.3 is 19.5 Å². The summed E-state index contributed by atoms with van der Waals surface area (Å²) in [5, 5.41) is 2.48. The van der Waals surface area contributed by atoms with Crippen LogP contribution < -0.4 is 14.8 Å². The van der Waals surface area contributed by atoms with Gasteiger partial charge in [0, 0.05) is 5.69 Å². The van der Waals surface area contributed by atoms with Gasteiger partial charge in [0.25, 0.3) is 0 Å². The number of aryl methyl sites for hydroxylation is 1. The molecule has 1 atom stereocenters.